The number of amides is 1. The molecule has 0 radical (unpaired) electrons. The van der Waals surface area contributed by atoms with Crippen LogP contribution in [-0.2, 0) is 26.9 Å². The minimum atomic E-state index is -1.32. The number of aromatic nitrogens is 3. The normalized spacial score (nSPS) is 22.7. The molecule has 2 aromatic heterocycles. The fourth-order valence-corrected chi connectivity index (χ4v) is 4.76. The molecule has 9 nitrogen and oxygen atoms in total. The van der Waals surface area contributed by atoms with E-state index in [1.54, 1.807) is 7.05 Å². The van der Waals surface area contributed by atoms with E-state index in [0.29, 0.717) is 18.5 Å². The summed E-state index contributed by atoms with van der Waals surface area (Å²) in [7, 11) is 3.04. The number of hydrogen-bond acceptors (Lipinski definition) is 7. The van der Waals surface area contributed by atoms with Crippen molar-refractivity contribution in [2.75, 3.05) is 32.2 Å². The molecule has 4 heterocycles. The van der Waals surface area contributed by atoms with E-state index in [0.717, 1.165) is 24.3 Å². The van der Waals surface area contributed by atoms with Crippen molar-refractivity contribution in [3.63, 3.8) is 0 Å². The summed E-state index contributed by atoms with van der Waals surface area (Å²) in [6.45, 7) is 0.0302. The van der Waals surface area contributed by atoms with Crippen LogP contribution in [0.15, 0.2) is 30.5 Å². The summed E-state index contributed by atoms with van der Waals surface area (Å²) < 4.78 is 76.7. The number of ether oxygens (including phenoxy) is 3. The molecule has 2 fully saturated rings. The zero-order valence-corrected chi connectivity index (χ0v) is 21.2. The molecule has 0 saturated carbocycles. The van der Waals surface area contributed by atoms with Gasteiger partial charge in [0, 0.05) is 20.2 Å². The highest BCUT2D eigenvalue weighted by Crippen LogP contribution is 2.37. The Morgan fingerprint density at radius 3 is 2.54 bits per heavy atom. The van der Waals surface area contributed by atoms with E-state index in [9.17, 15) is 13.6 Å². The van der Waals surface area contributed by atoms with Crippen LogP contribution < -0.4 is 11.1 Å². The van der Waals surface area contributed by atoms with E-state index in [2.05, 4.69) is 15.4 Å². The van der Waals surface area contributed by atoms with Gasteiger partial charge >= 0.3 is 0 Å². The number of hydrogen-bond donors (Lipinski definition) is 2. The predicted octanol–water partition coefficient (Wildman–Crippen LogP) is 3.54. The van der Waals surface area contributed by atoms with Crippen LogP contribution in [0.3, 0.4) is 0 Å². The van der Waals surface area contributed by atoms with Crippen molar-refractivity contribution in [3.8, 4) is 11.3 Å². The van der Waals surface area contributed by atoms with Crippen molar-refractivity contribution in [2.24, 2.45) is 12.8 Å². The van der Waals surface area contributed by atoms with Crippen molar-refractivity contribution in [1.29, 1.82) is 0 Å². The lowest BCUT2D eigenvalue weighted by molar-refractivity contribution is -0.202. The molecule has 2 aliphatic heterocycles. The van der Waals surface area contributed by atoms with Crippen molar-refractivity contribution < 1.29 is 36.6 Å². The van der Waals surface area contributed by atoms with Crippen LogP contribution >= 0.6 is 0 Å². The van der Waals surface area contributed by atoms with Gasteiger partial charge in [-0.05, 0) is 42.7 Å². The van der Waals surface area contributed by atoms with E-state index < -0.39 is 58.5 Å². The van der Waals surface area contributed by atoms with Gasteiger partial charge in [0.15, 0.2) is 0 Å². The number of benzene rings is 1. The number of anilines is 1. The third-order valence-electron chi connectivity index (χ3n) is 7.17. The van der Waals surface area contributed by atoms with Gasteiger partial charge in [0.05, 0.1) is 43.0 Å². The number of rotatable bonds is 6. The average molecular weight is 550 g/mol. The predicted molar refractivity (Wildman–Crippen MR) is 131 cm³/mol. The largest absolute Gasteiger partial charge is 0.375 e. The van der Waals surface area contributed by atoms with Gasteiger partial charge < -0.3 is 25.3 Å². The summed E-state index contributed by atoms with van der Waals surface area (Å²) in [5.41, 5.74) is 4.09. The molecule has 1 aromatic carbocycles. The fourth-order valence-electron chi connectivity index (χ4n) is 4.76. The summed E-state index contributed by atoms with van der Waals surface area (Å²) in [5.74, 6) is -3.93. The number of carbonyl (C=O) groups excluding carboxylic acids is 1. The van der Waals surface area contributed by atoms with E-state index in [4.69, 9.17) is 19.9 Å². The molecule has 3 N–H and O–H groups in total. The first kappa shape index (κ1) is 27.2. The van der Waals surface area contributed by atoms with Crippen LogP contribution in [0, 0.1) is 17.5 Å². The van der Waals surface area contributed by atoms with Gasteiger partial charge in [-0.25, -0.2) is 22.5 Å². The highest BCUT2D eigenvalue weighted by Gasteiger charge is 2.42. The summed E-state index contributed by atoms with van der Waals surface area (Å²) in [5, 5.41) is 6.79. The lowest BCUT2D eigenvalue weighted by Gasteiger charge is -2.40. The first-order valence-corrected chi connectivity index (χ1v) is 12.3. The number of halogens is 4. The maximum Gasteiger partial charge on any atom is 0.274 e. The number of pyridine rings is 1. The van der Waals surface area contributed by atoms with Gasteiger partial charge in [0.25, 0.3) is 5.91 Å². The molecule has 5 rings (SSSR count). The zero-order valence-electron chi connectivity index (χ0n) is 21.2. The summed E-state index contributed by atoms with van der Waals surface area (Å²) in [4.78, 5) is 17.0. The van der Waals surface area contributed by atoms with Gasteiger partial charge in [-0.2, -0.15) is 5.10 Å². The Bertz CT molecular complexity index is 1360. The van der Waals surface area contributed by atoms with Crippen molar-refractivity contribution in [2.45, 2.75) is 36.8 Å². The molecule has 1 amide bonds. The molecule has 2 aliphatic rings. The summed E-state index contributed by atoms with van der Waals surface area (Å²) in [6.07, 6.45) is 0.233. The van der Waals surface area contributed by atoms with Crippen LogP contribution in [0.4, 0.5) is 23.2 Å². The van der Waals surface area contributed by atoms with Crippen LogP contribution in [0.1, 0.15) is 40.7 Å². The second-order valence-electron chi connectivity index (χ2n) is 9.63. The fraction of sp³-hybridized carbons (Fsp3) is 0.423. The maximum atomic E-state index is 15.1. The molecule has 0 bridgehead atoms. The second-order valence-corrected chi connectivity index (χ2v) is 9.63. The van der Waals surface area contributed by atoms with Crippen molar-refractivity contribution >= 4 is 11.6 Å². The molecule has 0 spiro atoms. The van der Waals surface area contributed by atoms with Crippen molar-refractivity contribution in [3.05, 3.63) is 64.9 Å². The Morgan fingerprint density at radius 1 is 1.18 bits per heavy atom. The number of aryl methyl sites for hydroxylation is 1. The summed E-state index contributed by atoms with van der Waals surface area (Å²) in [6, 6.07) is 3.42. The first-order valence-electron chi connectivity index (χ1n) is 12.3. The lowest BCUT2D eigenvalue weighted by Crippen LogP contribution is -2.48. The molecular weight excluding hydrogens is 522 g/mol. The Balaban J connectivity index is 1.42. The number of nitrogens with zero attached hydrogens (tertiary/aromatic N) is 3. The number of methoxy groups -OCH3 is 1. The second kappa shape index (κ2) is 10.6. The Kier molecular flexibility index (Phi) is 7.42. The first-order chi connectivity index (χ1) is 18.6. The third-order valence-corrected chi connectivity index (χ3v) is 7.17. The highest BCUT2D eigenvalue weighted by atomic mass is 19.1. The molecule has 39 heavy (non-hydrogen) atoms. The minimum absolute atomic E-state index is 0.118. The molecule has 2 saturated heterocycles. The number of nitrogens with one attached hydrogen (secondary N) is 1. The number of carbonyl (C=O) groups is 1. The van der Waals surface area contributed by atoms with Gasteiger partial charge in [0.2, 0.25) is 0 Å². The number of alkyl halides is 1. The monoisotopic (exact) mass is 549 g/mol. The Morgan fingerprint density at radius 2 is 1.90 bits per heavy atom. The Hall–Kier alpha value is -3.39. The van der Waals surface area contributed by atoms with Crippen LogP contribution in [0.25, 0.3) is 11.3 Å². The van der Waals surface area contributed by atoms with E-state index in [1.165, 1.54) is 18.0 Å². The average Bonchev–Trinajstić information content (AvgIpc) is 3.14. The molecule has 3 atom stereocenters. The SMILES string of the molecule is COC1(c2cc(F)c(-c3nc(C(=O)Nc4cnn(C)c4[C@@H]4CC[C@@H](N)[C@@H](F)CO4)ccc3F)c(F)c2)COC1. The standard InChI is InChI=1S/C26H27F4N5O4/c1-35-24(21-6-4-18(31)17(30)10-39-21)20(9-32-35)34-25(36)19-5-3-14(27)23(33-19)22-15(28)7-13(8-16(22)29)26(37-2)11-38-12-26/h3,5,7-9,17-18,21H,4,6,10-12,31H2,1-2H3,(H,34,36)/t17-,18+,21-/m0/s1. The molecule has 0 unspecified atom stereocenters. The van der Waals surface area contributed by atoms with Gasteiger partial charge in [-0.1, -0.05) is 0 Å². The molecule has 3 aromatic rings. The Labute approximate surface area is 221 Å². The highest BCUT2D eigenvalue weighted by molar-refractivity contribution is 6.03. The minimum Gasteiger partial charge on any atom is -0.375 e. The number of nitrogens with two attached hydrogens (primary N) is 1. The van der Waals surface area contributed by atoms with Crippen LogP contribution in [-0.4, -0.2) is 59.8 Å². The van der Waals surface area contributed by atoms with E-state index in [-0.39, 0.29) is 36.8 Å². The molecule has 0 aliphatic carbocycles. The van der Waals surface area contributed by atoms with Crippen LogP contribution in [0.5, 0.6) is 0 Å². The molecule has 13 heteroatoms. The zero-order chi connectivity index (χ0) is 27.9. The molecule has 208 valence electrons. The van der Waals surface area contributed by atoms with Crippen molar-refractivity contribution in [1.82, 2.24) is 14.8 Å². The maximum absolute atomic E-state index is 15.1. The third kappa shape index (κ3) is 5.02. The van der Waals surface area contributed by atoms with Crippen LogP contribution in [0.2, 0.25) is 0 Å². The van der Waals surface area contributed by atoms with Gasteiger partial charge in [-0.3, -0.25) is 9.48 Å². The smallest absolute Gasteiger partial charge is 0.274 e. The van der Waals surface area contributed by atoms with Gasteiger partial charge in [0.1, 0.15) is 46.7 Å². The quantitative estimate of drug-likeness (QED) is 0.452. The van der Waals surface area contributed by atoms with Gasteiger partial charge in [-0.15, -0.1) is 0 Å². The molecular formula is C26H27F4N5O4. The van der Waals surface area contributed by atoms with E-state index >= 15 is 8.78 Å². The lowest BCUT2D eigenvalue weighted by atomic mass is 9.90. The summed E-state index contributed by atoms with van der Waals surface area (Å²) >= 11 is 0. The van der Waals surface area contributed by atoms with E-state index in [1.807, 2.05) is 0 Å². The topological polar surface area (TPSA) is 114 Å².